The van der Waals surface area contributed by atoms with Crippen LogP contribution >= 0.6 is 15.9 Å². The molecule has 1 saturated heterocycles. The van der Waals surface area contributed by atoms with Gasteiger partial charge in [-0.25, -0.2) is 0 Å². The minimum atomic E-state index is -0.0375. The van der Waals surface area contributed by atoms with Gasteiger partial charge in [0.25, 0.3) is 0 Å². The molecule has 2 aliphatic rings. The molecule has 0 aromatic rings. The van der Waals surface area contributed by atoms with Crippen LogP contribution in [-0.4, -0.2) is 40.8 Å². The quantitative estimate of drug-likeness (QED) is 0.774. The van der Waals surface area contributed by atoms with E-state index >= 15 is 0 Å². The monoisotopic (exact) mass is 344 g/mol. The highest BCUT2D eigenvalue weighted by atomic mass is 79.9. The molecule has 1 atom stereocenters. The first kappa shape index (κ1) is 16.3. The molecule has 2 rings (SSSR count). The fourth-order valence-corrected chi connectivity index (χ4v) is 3.89. The maximum Gasteiger partial charge on any atom is 0.233 e. The second-order valence-electron chi connectivity index (χ2n) is 6.43. The standard InChI is InChI=1S/C16H29BrN2O/c1-2-14(17)15(20)18-13-16(9-5-3-6-10-16)19-11-7-4-8-12-19/h14H,2-13H2,1H3,(H,18,20). The van der Waals surface area contributed by atoms with Crippen molar-refractivity contribution in [2.75, 3.05) is 19.6 Å². The van der Waals surface area contributed by atoms with Crippen molar-refractivity contribution >= 4 is 21.8 Å². The highest BCUT2D eigenvalue weighted by Gasteiger charge is 2.38. The van der Waals surface area contributed by atoms with Crippen molar-refractivity contribution in [1.29, 1.82) is 0 Å². The molecule has 0 spiro atoms. The van der Waals surface area contributed by atoms with E-state index in [0.717, 1.165) is 13.0 Å². The lowest BCUT2D eigenvalue weighted by Crippen LogP contribution is -2.58. The first-order chi connectivity index (χ1) is 9.68. The van der Waals surface area contributed by atoms with Crippen molar-refractivity contribution in [3.05, 3.63) is 0 Å². The number of hydrogen-bond donors (Lipinski definition) is 1. The van der Waals surface area contributed by atoms with Gasteiger partial charge in [0.2, 0.25) is 5.91 Å². The van der Waals surface area contributed by atoms with Gasteiger partial charge in [0, 0.05) is 12.1 Å². The van der Waals surface area contributed by atoms with Crippen LogP contribution in [0.3, 0.4) is 0 Å². The number of rotatable bonds is 5. The molecule has 3 nitrogen and oxygen atoms in total. The van der Waals surface area contributed by atoms with Crippen LogP contribution < -0.4 is 5.32 Å². The molecule has 0 bridgehead atoms. The molecule has 116 valence electrons. The molecule has 2 fully saturated rings. The van der Waals surface area contributed by atoms with Gasteiger partial charge in [-0.1, -0.05) is 48.5 Å². The number of piperidine rings is 1. The molecule has 0 aromatic heterocycles. The number of amides is 1. The van der Waals surface area contributed by atoms with E-state index < -0.39 is 0 Å². The van der Waals surface area contributed by atoms with Crippen molar-refractivity contribution in [3.63, 3.8) is 0 Å². The Bertz CT molecular complexity index is 310. The molecule has 4 heteroatoms. The summed E-state index contributed by atoms with van der Waals surface area (Å²) in [6.45, 7) is 5.33. The second kappa shape index (κ2) is 7.79. The summed E-state index contributed by atoms with van der Waals surface area (Å²) in [5.41, 5.74) is 0.245. The van der Waals surface area contributed by atoms with Gasteiger partial charge in [-0.2, -0.15) is 0 Å². The second-order valence-corrected chi connectivity index (χ2v) is 7.53. The summed E-state index contributed by atoms with van der Waals surface area (Å²) in [4.78, 5) is 14.7. The van der Waals surface area contributed by atoms with Crippen molar-refractivity contribution in [2.45, 2.75) is 75.1 Å². The summed E-state index contributed by atoms with van der Waals surface area (Å²) in [5.74, 6) is 0.162. The first-order valence-corrected chi connectivity index (χ1v) is 9.26. The maximum absolute atomic E-state index is 12.1. The fraction of sp³-hybridized carbons (Fsp3) is 0.938. The van der Waals surface area contributed by atoms with E-state index in [4.69, 9.17) is 0 Å². The Labute approximate surface area is 132 Å². The van der Waals surface area contributed by atoms with E-state index in [9.17, 15) is 4.79 Å². The normalized spacial score (nSPS) is 25.1. The zero-order valence-electron chi connectivity index (χ0n) is 12.8. The van der Waals surface area contributed by atoms with E-state index in [2.05, 4.69) is 26.1 Å². The summed E-state index contributed by atoms with van der Waals surface area (Å²) in [6, 6.07) is 0. The highest BCUT2D eigenvalue weighted by molar-refractivity contribution is 9.10. The average molecular weight is 345 g/mol. The van der Waals surface area contributed by atoms with E-state index in [0.29, 0.717) is 0 Å². The minimum absolute atomic E-state index is 0.0375. The summed E-state index contributed by atoms with van der Waals surface area (Å²) >= 11 is 3.46. The van der Waals surface area contributed by atoms with Gasteiger partial charge in [-0.05, 0) is 45.2 Å². The molecule has 1 heterocycles. The molecule has 1 amide bonds. The summed E-state index contributed by atoms with van der Waals surface area (Å²) in [7, 11) is 0. The number of carbonyl (C=O) groups is 1. The molecule has 1 aliphatic carbocycles. The molecular weight excluding hydrogens is 316 g/mol. The van der Waals surface area contributed by atoms with Crippen LogP contribution in [0.15, 0.2) is 0 Å². The van der Waals surface area contributed by atoms with Crippen LogP contribution in [-0.2, 0) is 4.79 Å². The van der Waals surface area contributed by atoms with E-state index in [-0.39, 0.29) is 16.3 Å². The Balaban J connectivity index is 1.97. The molecular formula is C16H29BrN2O. The van der Waals surface area contributed by atoms with Crippen molar-refractivity contribution in [2.24, 2.45) is 0 Å². The van der Waals surface area contributed by atoms with Gasteiger partial charge >= 0.3 is 0 Å². The Kier molecular flexibility index (Phi) is 6.34. The van der Waals surface area contributed by atoms with Gasteiger partial charge in [0.1, 0.15) is 0 Å². The zero-order chi connectivity index (χ0) is 14.4. The number of nitrogens with zero attached hydrogens (tertiary/aromatic N) is 1. The van der Waals surface area contributed by atoms with Crippen LogP contribution in [0.4, 0.5) is 0 Å². The van der Waals surface area contributed by atoms with Crippen molar-refractivity contribution in [1.82, 2.24) is 10.2 Å². The predicted molar refractivity (Wildman–Crippen MR) is 87.3 cm³/mol. The number of hydrogen-bond acceptors (Lipinski definition) is 2. The zero-order valence-corrected chi connectivity index (χ0v) is 14.4. The Morgan fingerprint density at radius 1 is 1.15 bits per heavy atom. The minimum Gasteiger partial charge on any atom is -0.353 e. The van der Waals surface area contributed by atoms with E-state index in [1.165, 1.54) is 64.5 Å². The predicted octanol–water partition coefficient (Wildman–Crippen LogP) is 3.46. The third-order valence-electron chi connectivity index (χ3n) is 5.05. The van der Waals surface area contributed by atoms with Gasteiger partial charge in [-0.15, -0.1) is 0 Å². The molecule has 1 aliphatic heterocycles. The Morgan fingerprint density at radius 2 is 1.75 bits per heavy atom. The van der Waals surface area contributed by atoms with Crippen LogP contribution in [0.5, 0.6) is 0 Å². The van der Waals surface area contributed by atoms with Crippen LogP contribution in [0.25, 0.3) is 0 Å². The van der Waals surface area contributed by atoms with Crippen molar-refractivity contribution in [3.8, 4) is 0 Å². The van der Waals surface area contributed by atoms with Crippen LogP contribution in [0, 0.1) is 0 Å². The lowest BCUT2D eigenvalue weighted by molar-refractivity contribution is -0.121. The largest absolute Gasteiger partial charge is 0.353 e. The molecule has 1 unspecified atom stereocenters. The summed E-state index contributed by atoms with van der Waals surface area (Å²) in [6.07, 6.45) is 11.4. The topological polar surface area (TPSA) is 32.3 Å². The van der Waals surface area contributed by atoms with Crippen LogP contribution in [0.2, 0.25) is 0 Å². The lowest BCUT2D eigenvalue weighted by atomic mass is 9.79. The SMILES string of the molecule is CCC(Br)C(=O)NCC1(N2CCCCC2)CCCCC1. The van der Waals surface area contributed by atoms with E-state index in [1.54, 1.807) is 0 Å². The molecule has 0 aromatic carbocycles. The third kappa shape index (κ3) is 3.97. The fourth-order valence-electron chi connectivity index (χ4n) is 3.73. The maximum atomic E-state index is 12.1. The Morgan fingerprint density at radius 3 is 2.35 bits per heavy atom. The molecule has 1 saturated carbocycles. The molecule has 0 radical (unpaired) electrons. The number of alkyl halides is 1. The number of halogens is 1. The molecule has 1 N–H and O–H groups in total. The summed E-state index contributed by atoms with van der Waals surface area (Å²) < 4.78 is 0. The number of nitrogens with one attached hydrogen (secondary N) is 1. The van der Waals surface area contributed by atoms with Gasteiger partial charge in [-0.3, -0.25) is 9.69 Å². The first-order valence-electron chi connectivity index (χ1n) is 8.35. The van der Waals surface area contributed by atoms with Crippen molar-refractivity contribution < 1.29 is 4.79 Å². The number of likely N-dealkylation sites (tertiary alicyclic amines) is 1. The molecule has 20 heavy (non-hydrogen) atoms. The summed E-state index contributed by atoms with van der Waals surface area (Å²) in [5, 5.41) is 3.21. The lowest BCUT2D eigenvalue weighted by Gasteiger charge is -2.48. The van der Waals surface area contributed by atoms with E-state index in [1.807, 2.05) is 6.92 Å². The van der Waals surface area contributed by atoms with Gasteiger partial charge < -0.3 is 5.32 Å². The smallest absolute Gasteiger partial charge is 0.233 e. The number of carbonyl (C=O) groups excluding carboxylic acids is 1. The van der Waals surface area contributed by atoms with Gasteiger partial charge in [0.15, 0.2) is 0 Å². The Hall–Kier alpha value is -0.0900. The third-order valence-corrected chi connectivity index (χ3v) is 6.11. The van der Waals surface area contributed by atoms with Gasteiger partial charge in [0.05, 0.1) is 4.83 Å². The van der Waals surface area contributed by atoms with Crippen LogP contribution in [0.1, 0.15) is 64.7 Å². The average Bonchev–Trinajstić information content (AvgIpc) is 2.53. The highest BCUT2D eigenvalue weighted by Crippen LogP contribution is 2.35.